The van der Waals surface area contributed by atoms with Gasteiger partial charge in [-0.2, -0.15) is 0 Å². The van der Waals surface area contributed by atoms with Crippen LogP contribution in [0.25, 0.3) is 27.2 Å². The Hall–Kier alpha value is -3.26. The number of hydrogen-bond acceptors (Lipinski definition) is 7. The lowest BCUT2D eigenvalue weighted by Gasteiger charge is -2.05. The standard InChI is InChI=1S/C19H18N4O3S/c1-24-12-6-4-11(5-7-12)16-14-10-13(25-2)8-9-15(14)23(17(16)20)18-21-22-19(26-3)27-18/h4-10H,20H2,1-3H3. The summed E-state index contributed by atoms with van der Waals surface area (Å²) in [5, 5.41) is 10.3. The van der Waals surface area contributed by atoms with Crippen LogP contribution in [-0.2, 0) is 0 Å². The van der Waals surface area contributed by atoms with Gasteiger partial charge in [-0.15, -0.1) is 5.10 Å². The van der Waals surface area contributed by atoms with Crippen molar-refractivity contribution in [3.63, 3.8) is 0 Å². The van der Waals surface area contributed by atoms with E-state index in [2.05, 4.69) is 10.2 Å². The van der Waals surface area contributed by atoms with E-state index in [1.54, 1.807) is 21.3 Å². The summed E-state index contributed by atoms with van der Waals surface area (Å²) in [6, 6.07) is 13.6. The zero-order valence-corrected chi connectivity index (χ0v) is 15.9. The van der Waals surface area contributed by atoms with E-state index in [4.69, 9.17) is 19.9 Å². The zero-order chi connectivity index (χ0) is 19.0. The summed E-state index contributed by atoms with van der Waals surface area (Å²) in [4.78, 5) is 0. The number of nitrogens with zero attached hydrogens (tertiary/aromatic N) is 3. The normalized spacial score (nSPS) is 10.9. The molecule has 0 bridgehead atoms. The molecule has 0 aliphatic rings. The van der Waals surface area contributed by atoms with Crippen LogP contribution in [0.4, 0.5) is 5.82 Å². The second-order valence-corrected chi connectivity index (χ2v) is 6.68. The van der Waals surface area contributed by atoms with E-state index in [1.165, 1.54) is 11.3 Å². The molecule has 0 unspecified atom stereocenters. The fourth-order valence-electron chi connectivity index (χ4n) is 3.06. The number of hydrogen-bond donors (Lipinski definition) is 1. The van der Waals surface area contributed by atoms with E-state index in [1.807, 2.05) is 47.0 Å². The highest BCUT2D eigenvalue weighted by molar-refractivity contribution is 7.15. The molecule has 0 saturated carbocycles. The monoisotopic (exact) mass is 382 g/mol. The summed E-state index contributed by atoms with van der Waals surface area (Å²) in [5.41, 5.74) is 9.37. The Labute approximate surface area is 159 Å². The quantitative estimate of drug-likeness (QED) is 0.566. The number of ether oxygens (including phenoxy) is 3. The molecule has 0 amide bonds. The second-order valence-electron chi connectivity index (χ2n) is 5.76. The first kappa shape index (κ1) is 17.2. The van der Waals surface area contributed by atoms with Gasteiger partial charge in [-0.3, -0.25) is 4.57 Å². The van der Waals surface area contributed by atoms with Gasteiger partial charge in [0.05, 0.1) is 26.8 Å². The molecular formula is C19H18N4O3S. The lowest BCUT2D eigenvalue weighted by molar-refractivity contribution is 0.407. The summed E-state index contributed by atoms with van der Waals surface area (Å²) in [6.45, 7) is 0. The molecule has 4 rings (SSSR count). The average molecular weight is 382 g/mol. The van der Waals surface area contributed by atoms with Crippen molar-refractivity contribution in [2.24, 2.45) is 0 Å². The Bertz CT molecular complexity index is 1100. The molecule has 0 atom stereocenters. The Balaban J connectivity index is 2.00. The van der Waals surface area contributed by atoms with Crippen LogP contribution in [-0.4, -0.2) is 36.1 Å². The minimum absolute atomic E-state index is 0.478. The molecule has 0 fully saturated rings. The fraction of sp³-hybridized carbons (Fsp3) is 0.158. The van der Waals surface area contributed by atoms with Gasteiger partial charge < -0.3 is 19.9 Å². The summed E-state index contributed by atoms with van der Waals surface area (Å²) in [5.74, 6) is 2.11. The third-order valence-corrected chi connectivity index (χ3v) is 5.22. The topological polar surface area (TPSA) is 84.4 Å². The van der Waals surface area contributed by atoms with Gasteiger partial charge in [-0.1, -0.05) is 17.2 Å². The first-order valence-electron chi connectivity index (χ1n) is 8.16. The summed E-state index contributed by atoms with van der Waals surface area (Å²) < 4.78 is 17.7. The van der Waals surface area contributed by atoms with Gasteiger partial charge in [-0.05, 0) is 47.2 Å². The maximum atomic E-state index is 6.58. The highest BCUT2D eigenvalue weighted by Gasteiger charge is 2.21. The number of rotatable bonds is 5. The van der Waals surface area contributed by atoms with Crippen molar-refractivity contribution < 1.29 is 14.2 Å². The highest BCUT2D eigenvalue weighted by atomic mass is 32.1. The number of nitrogen functional groups attached to an aromatic ring is 1. The molecule has 0 aliphatic heterocycles. The van der Waals surface area contributed by atoms with Crippen molar-refractivity contribution >= 4 is 28.1 Å². The molecule has 27 heavy (non-hydrogen) atoms. The van der Waals surface area contributed by atoms with Crippen molar-refractivity contribution in [2.45, 2.75) is 0 Å². The van der Waals surface area contributed by atoms with Crippen LogP contribution in [0.2, 0.25) is 0 Å². The van der Waals surface area contributed by atoms with Gasteiger partial charge in [0.2, 0.25) is 5.13 Å². The van der Waals surface area contributed by atoms with E-state index < -0.39 is 0 Å². The highest BCUT2D eigenvalue weighted by Crippen LogP contribution is 2.41. The maximum absolute atomic E-state index is 6.58. The van der Waals surface area contributed by atoms with E-state index in [0.29, 0.717) is 16.1 Å². The van der Waals surface area contributed by atoms with E-state index >= 15 is 0 Å². The molecule has 0 aliphatic carbocycles. The molecular weight excluding hydrogens is 364 g/mol. The first-order chi connectivity index (χ1) is 13.2. The summed E-state index contributed by atoms with van der Waals surface area (Å²) in [7, 11) is 4.85. The lowest BCUT2D eigenvalue weighted by atomic mass is 10.0. The van der Waals surface area contributed by atoms with E-state index in [9.17, 15) is 0 Å². The predicted molar refractivity (Wildman–Crippen MR) is 106 cm³/mol. The van der Waals surface area contributed by atoms with Gasteiger partial charge in [0.15, 0.2) is 0 Å². The smallest absolute Gasteiger partial charge is 0.295 e. The van der Waals surface area contributed by atoms with Crippen LogP contribution in [0, 0.1) is 0 Å². The van der Waals surface area contributed by atoms with Gasteiger partial charge in [-0.25, -0.2) is 0 Å². The van der Waals surface area contributed by atoms with Crippen molar-refractivity contribution in [2.75, 3.05) is 27.1 Å². The van der Waals surface area contributed by atoms with Crippen LogP contribution in [0.3, 0.4) is 0 Å². The van der Waals surface area contributed by atoms with Crippen molar-refractivity contribution in [1.29, 1.82) is 0 Å². The summed E-state index contributed by atoms with van der Waals surface area (Å²) >= 11 is 1.33. The predicted octanol–water partition coefficient (Wildman–Crippen LogP) is 3.76. The Morgan fingerprint density at radius 1 is 0.889 bits per heavy atom. The average Bonchev–Trinajstić information content (AvgIpc) is 3.29. The number of nitrogens with two attached hydrogens (primary N) is 1. The van der Waals surface area contributed by atoms with E-state index in [-0.39, 0.29) is 0 Å². The van der Waals surface area contributed by atoms with Crippen LogP contribution in [0.15, 0.2) is 42.5 Å². The second kappa shape index (κ2) is 6.81. The molecule has 2 aromatic carbocycles. The van der Waals surface area contributed by atoms with Gasteiger partial charge >= 0.3 is 0 Å². The Kier molecular flexibility index (Phi) is 4.33. The first-order valence-corrected chi connectivity index (χ1v) is 8.98. The van der Waals surface area contributed by atoms with Crippen LogP contribution >= 0.6 is 11.3 Å². The van der Waals surface area contributed by atoms with Gasteiger partial charge in [0.25, 0.3) is 5.19 Å². The minimum atomic E-state index is 0.478. The SMILES string of the molecule is COc1ccc(-c2c(N)n(-c3nnc(OC)s3)c3ccc(OC)cc23)cc1. The van der Waals surface area contributed by atoms with Crippen LogP contribution in [0.5, 0.6) is 16.7 Å². The maximum Gasteiger partial charge on any atom is 0.295 e. The molecule has 138 valence electrons. The van der Waals surface area contributed by atoms with Crippen molar-refractivity contribution in [3.8, 4) is 33.0 Å². The molecule has 4 aromatic rings. The molecule has 0 radical (unpaired) electrons. The van der Waals surface area contributed by atoms with E-state index in [0.717, 1.165) is 33.5 Å². The lowest BCUT2D eigenvalue weighted by Crippen LogP contribution is -2.00. The number of anilines is 1. The molecule has 2 aromatic heterocycles. The molecule has 0 saturated heterocycles. The number of aromatic nitrogens is 3. The molecule has 2 N–H and O–H groups in total. The third-order valence-electron chi connectivity index (χ3n) is 4.35. The number of methoxy groups -OCH3 is 3. The Morgan fingerprint density at radius 2 is 1.59 bits per heavy atom. The van der Waals surface area contributed by atoms with Crippen molar-refractivity contribution in [3.05, 3.63) is 42.5 Å². The molecule has 0 spiro atoms. The molecule has 8 heteroatoms. The number of benzene rings is 2. The number of fused-ring (bicyclic) bond motifs is 1. The zero-order valence-electron chi connectivity index (χ0n) is 15.1. The Morgan fingerprint density at radius 3 is 2.22 bits per heavy atom. The molecule has 2 heterocycles. The largest absolute Gasteiger partial charge is 0.497 e. The third kappa shape index (κ3) is 2.83. The van der Waals surface area contributed by atoms with Gasteiger partial charge in [0.1, 0.15) is 17.3 Å². The van der Waals surface area contributed by atoms with Crippen LogP contribution in [0.1, 0.15) is 0 Å². The summed E-state index contributed by atoms with van der Waals surface area (Å²) in [6.07, 6.45) is 0. The minimum Gasteiger partial charge on any atom is -0.497 e. The van der Waals surface area contributed by atoms with Crippen LogP contribution < -0.4 is 19.9 Å². The van der Waals surface area contributed by atoms with Crippen molar-refractivity contribution in [1.82, 2.24) is 14.8 Å². The fourth-order valence-corrected chi connectivity index (χ4v) is 3.75. The molecule has 7 nitrogen and oxygen atoms in total. The van der Waals surface area contributed by atoms with Gasteiger partial charge in [0, 0.05) is 10.9 Å².